The van der Waals surface area contributed by atoms with Crippen LogP contribution in [-0.2, 0) is 0 Å². The summed E-state index contributed by atoms with van der Waals surface area (Å²) in [5.74, 6) is 1.94. The highest BCUT2D eigenvalue weighted by Crippen LogP contribution is 2.30. The van der Waals surface area contributed by atoms with Gasteiger partial charge in [-0.25, -0.2) is 4.98 Å². The van der Waals surface area contributed by atoms with Gasteiger partial charge in [-0.1, -0.05) is 26.7 Å². The van der Waals surface area contributed by atoms with Crippen LogP contribution in [-0.4, -0.2) is 17.6 Å². The number of anilines is 1. The van der Waals surface area contributed by atoms with Gasteiger partial charge in [0, 0.05) is 23.3 Å². The molecule has 3 heteroatoms. The molecule has 19 heavy (non-hydrogen) atoms. The van der Waals surface area contributed by atoms with E-state index in [1.54, 1.807) is 0 Å². The zero-order chi connectivity index (χ0) is 13.8. The van der Waals surface area contributed by atoms with Crippen LogP contribution >= 0.6 is 15.9 Å². The summed E-state index contributed by atoms with van der Waals surface area (Å²) in [5, 5.41) is 0. The molecule has 0 aromatic carbocycles. The summed E-state index contributed by atoms with van der Waals surface area (Å²) in [6, 6.07) is 2.88. The quantitative estimate of drug-likeness (QED) is 0.761. The van der Waals surface area contributed by atoms with Crippen LogP contribution in [0.3, 0.4) is 0 Å². The SMILES string of the molecule is Cc1cc(Br)cnc1N(CCC(C)C)C1CCCC1. The molecule has 106 valence electrons. The Balaban J connectivity index is 2.19. The number of nitrogens with zero attached hydrogens (tertiary/aromatic N) is 2. The molecule has 0 radical (unpaired) electrons. The van der Waals surface area contributed by atoms with Crippen LogP contribution < -0.4 is 4.90 Å². The van der Waals surface area contributed by atoms with Crippen LogP contribution in [0.15, 0.2) is 16.7 Å². The van der Waals surface area contributed by atoms with E-state index in [4.69, 9.17) is 0 Å². The lowest BCUT2D eigenvalue weighted by molar-refractivity contribution is 0.524. The van der Waals surface area contributed by atoms with E-state index >= 15 is 0 Å². The third-order valence-corrected chi connectivity index (χ3v) is 4.44. The largest absolute Gasteiger partial charge is 0.353 e. The second-order valence-electron chi connectivity index (χ2n) is 6.11. The predicted molar refractivity (Wildman–Crippen MR) is 85.7 cm³/mol. The van der Waals surface area contributed by atoms with Crippen LogP contribution in [0.5, 0.6) is 0 Å². The van der Waals surface area contributed by atoms with Gasteiger partial charge in [0.15, 0.2) is 0 Å². The lowest BCUT2D eigenvalue weighted by Crippen LogP contribution is -2.36. The summed E-state index contributed by atoms with van der Waals surface area (Å²) in [7, 11) is 0. The first kappa shape index (κ1) is 14.8. The van der Waals surface area contributed by atoms with Gasteiger partial charge in [0.05, 0.1) is 0 Å². The first-order chi connectivity index (χ1) is 9.08. The number of hydrogen-bond acceptors (Lipinski definition) is 2. The highest BCUT2D eigenvalue weighted by Gasteiger charge is 2.24. The summed E-state index contributed by atoms with van der Waals surface area (Å²) in [5.41, 5.74) is 1.28. The molecule has 0 saturated heterocycles. The van der Waals surface area contributed by atoms with Crippen LogP contribution in [0, 0.1) is 12.8 Å². The Kier molecular flexibility index (Phi) is 5.26. The van der Waals surface area contributed by atoms with Crippen molar-refractivity contribution in [2.75, 3.05) is 11.4 Å². The number of rotatable bonds is 5. The Hall–Kier alpha value is -0.570. The zero-order valence-corrected chi connectivity index (χ0v) is 13.9. The molecule has 1 fully saturated rings. The maximum absolute atomic E-state index is 4.68. The Morgan fingerprint density at radius 3 is 2.63 bits per heavy atom. The van der Waals surface area contributed by atoms with Gasteiger partial charge in [0.1, 0.15) is 5.82 Å². The Morgan fingerprint density at radius 2 is 2.05 bits per heavy atom. The molecule has 0 unspecified atom stereocenters. The summed E-state index contributed by atoms with van der Waals surface area (Å²) < 4.78 is 1.07. The van der Waals surface area contributed by atoms with Crippen molar-refractivity contribution in [2.24, 2.45) is 5.92 Å². The van der Waals surface area contributed by atoms with Crippen LogP contribution in [0.25, 0.3) is 0 Å². The predicted octanol–water partition coefficient (Wildman–Crippen LogP) is 4.95. The van der Waals surface area contributed by atoms with Crippen LogP contribution in [0.4, 0.5) is 5.82 Å². The first-order valence-corrected chi connectivity index (χ1v) is 8.26. The zero-order valence-electron chi connectivity index (χ0n) is 12.3. The smallest absolute Gasteiger partial charge is 0.131 e. The van der Waals surface area contributed by atoms with Crippen molar-refractivity contribution in [1.29, 1.82) is 0 Å². The maximum Gasteiger partial charge on any atom is 0.131 e. The van der Waals surface area contributed by atoms with E-state index in [9.17, 15) is 0 Å². The minimum atomic E-state index is 0.700. The molecule has 0 spiro atoms. The summed E-state index contributed by atoms with van der Waals surface area (Å²) >= 11 is 3.51. The molecule has 0 amide bonds. The highest BCUT2D eigenvalue weighted by molar-refractivity contribution is 9.10. The summed E-state index contributed by atoms with van der Waals surface area (Å²) in [6.45, 7) is 7.91. The Labute approximate surface area is 125 Å². The Morgan fingerprint density at radius 1 is 1.37 bits per heavy atom. The average molecular weight is 325 g/mol. The van der Waals surface area contributed by atoms with E-state index in [-0.39, 0.29) is 0 Å². The number of hydrogen-bond donors (Lipinski definition) is 0. The lowest BCUT2D eigenvalue weighted by Gasteiger charge is -2.32. The van der Waals surface area contributed by atoms with Crippen LogP contribution in [0.2, 0.25) is 0 Å². The minimum Gasteiger partial charge on any atom is -0.353 e. The molecule has 1 aliphatic rings. The van der Waals surface area contributed by atoms with Gasteiger partial charge in [-0.2, -0.15) is 0 Å². The third kappa shape index (κ3) is 3.95. The molecule has 2 rings (SSSR count). The molecule has 0 atom stereocenters. The van der Waals surface area contributed by atoms with Gasteiger partial charge in [0.25, 0.3) is 0 Å². The molecule has 0 bridgehead atoms. The van der Waals surface area contributed by atoms with E-state index in [1.807, 2.05) is 6.20 Å². The van der Waals surface area contributed by atoms with Gasteiger partial charge in [-0.3, -0.25) is 0 Å². The highest BCUT2D eigenvalue weighted by atomic mass is 79.9. The summed E-state index contributed by atoms with van der Waals surface area (Å²) in [6.07, 6.45) is 8.58. The van der Waals surface area contributed by atoms with Crippen molar-refractivity contribution in [3.63, 3.8) is 0 Å². The number of halogens is 1. The van der Waals surface area contributed by atoms with Crippen molar-refractivity contribution in [2.45, 2.75) is 58.9 Å². The van der Waals surface area contributed by atoms with Crippen molar-refractivity contribution >= 4 is 21.7 Å². The molecule has 0 aliphatic heterocycles. The molecular formula is C16H25BrN2. The second-order valence-corrected chi connectivity index (χ2v) is 7.02. The molecule has 0 N–H and O–H groups in total. The Bertz CT molecular complexity index is 411. The topological polar surface area (TPSA) is 16.1 Å². The van der Waals surface area contributed by atoms with Crippen molar-refractivity contribution in [3.8, 4) is 0 Å². The molecule has 1 aromatic rings. The first-order valence-electron chi connectivity index (χ1n) is 7.46. The molecule has 1 aromatic heterocycles. The number of aromatic nitrogens is 1. The van der Waals surface area contributed by atoms with E-state index < -0.39 is 0 Å². The second kappa shape index (κ2) is 6.74. The fourth-order valence-corrected chi connectivity index (χ4v) is 3.35. The number of pyridine rings is 1. The van der Waals surface area contributed by atoms with Gasteiger partial charge < -0.3 is 4.90 Å². The molecule has 1 aliphatic carbocycles. The standard InChI is InChI=1S/C16H25BrN2/c1-12(2)8-9-19(15-6-4-5-7-15)16-13(3)10-14(17)11-18-16/h10-12,15H,4-9H2,1-3H3. The molecule has 1 heterocycles. The normalized spacial score (nSPS) is 16.3. The van der Waals surface area contributed by atoms with E-state index in [0.717, 1.165) is 16.9 Å². The third-order valence-electron chi connectivity index (χ3n) is 4.00. The van der Waals surface area contributed by atoms with E-state index in [1.165, 1.54) is 43.5 Å². The summed E-state index contributed by atoms with van der Waals surface area (Å²) in [4.78, 5) is 7.24. The van der Waals surface area contributed by atoms with Gasteiger partial charge in [0.2, 0.25) is 0 Å². The molecular weight excluding hydrogens is 300 g/mol. The van der Waals surface area contributed by atoms with Gasteiger partial charge in [-0.05, 0) is 59.7 Å². The maximum atomic E-state index is 4.68. The lowest BCUT2D eigenvalue weighted by atomic mass is 10.1. The van der Waals surface area contributed by atoms with Crippen molar-refractivity contribution in [1.82, 2.24) is 4.98 Å². The van der Waals surface area contributed by atoms with Gasteiger partial charge in [-0.15, -0.1) is 0 Å². The fraction of sp³-hybridized carbons (Fsp3) is 0.688. The average Bonchev–Trinajstić information content (AvgIpc) is 2.85. The minimum absolute atomic E-state index is 0.700. The molecule has 2 nitrogen and oxygen atoms in total. The van der Waals surface area contributed by atoms with E-state index in [2.05, 4.69) is 52.7 Å². The molecule has 1 saturated carbocycles. The monoisotopic (exact) mass is 324 g/mol. The van der Waals surface area contributed by atoms with Crippen LogP contribution in [0.1, 0.15) is 51.5 Å². The van der Waals surface area contributed by atoms with E-state index in [0.29, 0.717) is 6.04 Å². The number of aryl methyl sites for hydroxylation is 1. The van der Waals surface area contributed by atoms with Crippen molar-refractivity contribution < 1.29 is 0 Å². The van der Waals surface area contributed by atoms with Crippen molar-refractivity contribution in [3.05, 3.63) is 22.3 Å². The fourth-order valence-electron chi connectivity index (χ4n) is 2.91. The van der Waals surface area contributed by atoms with Gasteiger partial charge >= 0.3 is 0 Å².